The van der Waals surface area contributed by atoms with Gasteiger partial charge in [0.25, 0.3) is 5.91 Å². The normalized spacial score (nSPS) is 11.5. The molecule has 35 heavy (non-hydrogen) atoms. The molecule has 0 spiro atoms. The standard InChI is InChI=1S/C24H20ClN5O5/c1-34-23-11-17(7-9-22(23)35-21-10-8-18(25)12-20(21)30(32)33)24(31)28-19(13-29-15-26-14-27-29)16-5-3-2-4-6-16/h2-12,14-15,19H,13H2,1H3,(H,28,31). The van der Waals surface area contributed by atoms with Crippen molar-refractivity contribution < 1.29 is 19.2 Å². The van der Waals surface area contributed by atoms with Gasteiger partial charge < -0.3 is 14.8 Å². The molecule has 3 aromatic carbocycles. The number of halogens is 1. The number of ether oxygens (including phenoxy) is 2. The number of carbonyl (C=O) groups is 1. The predicted molar refractivity (Wildman–Crippen MR) is 128 cm³/mol. The van der Waals surface area contributed by atoms with Crippen molar-refractivity contribution in [1.82, 2.24) is 20.1 Å². The average Bonchev–Trinajstić information content (AvgIpc) is 3.38. The second-order valence-electron chi connectivity index (χ2n) is 7.39. The van der Waals surface area contributed by atoms with E-state index in [1.807, 2.05) is 30.3 Å². The zero-order chi connectivity index (χ0) is 24.8. The van der Waals surface area contributed by atoms with E-state index in [0.717, 1.165) is 5.56 Å². The smallest absolute Gasteiger partial charge is 0.313 e. The van der Waals surface area contributed by atoms with Gasteiger partial charge in [0.1, 0.15) is 12.7 Å². The maximum Gasteiger partial charge on any atom is 0.313 e. The molecule has 1 amide bonds. The van der Waals surface area contributed by atoms with Crippen molar-refractivity contribution in [3.8, 4) is 17.2 Å². The summed E-state index contributed by atoms with van der Waals surface area (Å²) < 4.78 is 12.7. The highest BCUT2D eigenvalue weighted by Crippen LogP contribution is 2.38. The van der Waals surface area contributed by atoms with Gasteiger partial charge in [-0.3, -0.25) is 19.6 Å². The number of methoxy groups -OCH3 is 1. The van der Waals surface area contributed by atoms with Crippen LogP contribution >= 0.6 is 11.6 Å². The average molecular weight is 494 g/mol. The fraction of sp³-hybridized carbons (Fsp3) is 0.125. The van der Waals surface area contributed by atoms with Crippen LogP contribution in [0.3, 0.4) is 0 Å². The van der Waals surface area contributed by atoms with Crippen molar-refractivity contribution >= 4 is 23.2 Å². The van der Waals surface area contributed by atoms with Crippen molar-refractivity contribution in [3.63, 3.8) is 0 Å². The van der Waals surface area contributed by atoms with Gasteiger partial charge in [-0.05, 0) is 35.9 Å². The Balaban J connectivity index is 1.57. The van der Waals surface area contributed by atoms with Crippen LogP contribution in [0.2, 0.25) is 5.02 Å². The van der Waals surface area contributed by atoms with E-state index >= 15 is 0 Å². The Morgan fingerprint density at radius 3 is 2.57 bits per heavy atom. The summed E-state index contributed by atoms with van der Waals surface area (Å²) in [7, 11) is 1.41. The Morgan fingerprint density at radius 2 is 1.89 bits per heavy atom. The van der Waals surface area contributed by atoms with Crippen LogP contribution < -0.4 is 14.8 Å². The van der Waals surface area contributed by atoms with Gasteiger partial charge in [-0.25, -0.2) is 4.98 Å². The molecule has 1 unspecified atom stereocenters. The number of hydrogen-bond acceptors (Lipinski definition) is 7. The van der Waals surface area contributed by atoms with Gasteiger partial charge in [0.15, 0.2) is 11.5 Å². The number of carbonyl (C=O) groups excluding carboxylic acids is 1. The maximum absolute atomic E-state index is 13.1. The summed E-state index contributed by atoms with van der Waals surface area (Å²) in [5.74, 6) is 0.0827. The lowest BCUT2D eigenvalue weighted by Gasteiger charge is -2.20. The molecule has 4 rings (SSSR count). The Bertz CT molecular complexity index is 1330. The zero-order valence-electron chi connectivity index (χ0n) is 18.5. The van der Waals surface area contributed by atoms with Gasteiger partial charge in [0.05, 0.1) is 24.6 Å². The molecular weight excluding hydrogens is 474 g/mol. The SMILES string of the molecule is COc1cc(C(=O)NC(Cn2cncn2)c2ccccc2)ccc1Oc1ccc(Cl)cc1[N+](=O)[O-]. The third-order valence-electron chi connectivity index (χ3n) is 5.11. The number of nitrogens with zero attached hydrogens (tertiary/aromatic N) is 4. The number of nitro groups is 1. The number of benzene rings is 3. The molecule has 0 bridgehead atoms. The van der Waals surface area contributed by atoms with Gasteiger partial charge in [-0.1, -0.05) is 41.9 Å². The molecule has 1 atom stereocenters. The summed E-state index contributed by atoms with van der Waals surface area (Å²) in [5.41, 5.74) is 0.929. The summed E-state index contributed by atoms with van der Waals surface area (Å²) in [6.07, 6.45) is 3.01. The summed E-state index contributed by atoms with van der Waals surface area (Å²) in [6, 6.07) is 17.8. The molecule has 4 aromatic rings. The van der Waals surface area contributed by atoms with Crippen LogP contribution in [-0.2, 0) is 6.54 Å². The van der Waals surface area contributed by atoms with Gasteiger partial charge in [-0.15, -0.1) is 0 Å². The minimum absolute atomic E-state index is 0.00752. The third-order valence-corrected chi connectivity index (χ3v) is 5.34. The number of amides is 1. The monoisotopic (exact) mass is 493 g/mol. The molecule has 0 aliphatic heterocycles. The van der Waals surface area contributed by atoms with Crippen LogP contribution in [0, 0.1) is 10.1 Å². The van der Waals surface area contributed by atoms with Crippen LogP contribution in [0.5, 0.6) is 17.2 Å². The van der Waals surface area contributed by atoms with Crippen LogP contribution in [0.15, 0.2) is 79.4 Å². The molecule has 1 N–H and O–H groups in total. The number of rotatable bonds is 9. The number of hydrogen-bond donors (Lipinski definition) is 1. The first-order chi connectivity index (χ1) is 16.9. The van der Waals surface area contributed by atoms with Crippen LogP contribution in [-0.4, -0.2) is 32.7 Å². The van der Waals surface area contributed by atoms with Gasteiger partial charge in [0.2, 0.25) is 5.75 Å². The van der Waals surface area contributed by atoms with E-state index in [1.165, 1.54) is 43.8 Å². The highest BCUT2D eigenvalue weighted by molar-refractivity contribution is 6.30. The Labute approximate surface area is 205 Å². The lowest BCUT2D eigenvalue weighted by Crippen LogP contribution is -2.31. The molecule has 10 nitrogen and oxygen atoms in total. The third kappa shape index (κ3) is 5.74. The molecule has 0 radical (unpaired) electrons. The number of nitrogens with one attached hydrogen (secondary N) is 1. The predicted octanol–water partition coefficient (Wildman–Crippen LogP) is 4.81. The second kappa shape index (κ2) is 10.7. The van der Waals surface area contributed by atoms with E-state index in [-0.39, 0.29) is 39.9 Å². The molecule has 11 heteroatoms. The lowest BCUT2D eigenvalue weighted by atomic mass is 10.1. The first-order valence-electron chi connectivity index (χ1n) is 10.4. The van der Waals surface area contributed by atoms with Crippen molar-refractivity contribution in [2.24, 2.45) is 0 Å². The molecule has 178 valence electrons. The highest BCUT2D eigenvalue weighted by Gasteiger charge is 2.21. The summed E-state index contributed by atoms with van der Waals surface area (Å²) >= 11 is 5.87. The van der Waals surface area contributed by atoms with Gasteiger partial charge in [-0.2, -0.15) is 5.10 Å². The Kier molecular flexibility index (Phi) is 7.22. The Morgan fingerprint density at radius 1 is 1.11 bits per heavy atom. The van der Waals surface area contributed by atoms with Crippen molar-refractivity contribution in [3.05, 3.63) is 106 Å². The fourth-order valence-corrected chi connectivity index (χ4v) is 3.57. The van der Waals surface area contributed by atoms with E-state index in [9.17, 15) is 14.9 Å². The summed E-state index contributed by atoms with van der Waals surface area (Å²) in [6.45, 7) is 0.383. The highest BCUT2D eigenvalue weighted by atomic mass is 35.5. The van der Waals surface area contributed by atoms with Crippen LogP contribution in [0.4, 0.5) is 5.69 Å². The summed E-state index contributed by atoms with van der Waals surface area (Å²) in [4.78, 5) is 27.9. The quantitative estimate of drug-likeness (QED) is 0.262. The van der Waals surface area contributed by atoms with E-state index in [2.05, 4.69) is 15.4 Å². The van der Waals surface area contributed by atoms with Crippen molar-refractivity contribution in [1.29, 1.82) is 0 Å². The zero-order valence-corrected chi connectivity index (χ0v) is 19.3. The topological polar surface area (TPSA) is 121 Å². The molecular formula is C24H20ClN5O5. The van der Waals surface area contributed by atoms with Crippen molar-refractivity contribution in [2.75, 3.05) is 7.11 Å². The molecule has 1 heterocycles. The fourth-order valence-electron chi connectivity index (χ4n) is 3.41. The molecule has 0 saturated carbocycles. The van der Waals surface area contributed by atoms with Crippen LogP contribution in [0.25, 0.3) is 0 Å². The van der Waals surface area contributed by atoms with Gasteiger partial charge in [0, 0.05) is 16.7 Å². The Hall–Kier alpha value is -4.44. The number of nitro benzene ring substituents is 1. The minimum Gasteiger partial charge on any atom is -0.493 e. The molecule has 0 aliphatic rings. The van der Waals surface area contributed by atoms with Crippen LogP contribution in [0.1, 0.15) is 22.0 Å². The van der Waals surface area contributed by atoms with Gasteiger partial charge >= 0.3 is 5.69 Å². The molecule has 1 aromatic heterocycles. The molecule has 0 saturated heterocycles. The lowest BCUT2D eigenvalue weighted by molar-refractivity contribution is -0.385. The van der Waals surface area contributed by atoms with Crippen molar-refractivity contribution in [2.45, 2.75) is 12.6 Å². The number of aromatic nitrogens is 3. The largest absolute Gasteiger partial charge is 0.493 e. The first kappa shape index (κ1) is 23.7. The molecule has 0 fully saturated rings. The maximum atomic E-state index is 13.1. The second-order valence-corrected chi connectivity index (χ2v) is 7.83. The molecule has 0 aliphatic carbocycles. The summed E-state index contributed by atoms with van der Waals surface area (Å²) in [5, 5.41) is 18.7. The van der Waals surface area contributed by atoms with E-state index in [1.54, 1.807) is 17.1 Å². The van der Waals surface area contributed by atoms with E-state index in [4.69, 9.17) is 21.1 Å². The van der Waals surface area contributed by atoms with E-state index < -0.39 is 4.92 Å². The van der Waals surface area contributed by atoms with E-state index in [0.29, 0.717) is 12.1 Å². The minimum atomic E-state index is -0.589. The first-order valence-corrected chi connectivity index (χ1v) is 10.8.